The van der Waals surface area contributed by atoms with E-state index in [1.165, 1.54) is 16.3 Å². The molecule has 0 amide bonds. The molecule has 1 saturated carbocycles. The SMILES string of the molecule is CC1CC1CN(C)c1cc(-c2nnc(C3NCCCC3c3ccccc3)o2)cc(CN(C)S(=O)O)n1. The first-order valence-electron chi connectivity index (χ1n) is 12.6. The molecule has 5 atom stereocenters. The van der Waals surface area contributed by atoms with Crippen molar-refractivity contribution in [1.29, 1.82) is 0 Å². The minimum absolute atomic E-state index is 0.0508. The highest BCUT2D eigenvalue weighted by molar-refractivity contribution is 7.76. The van der Waals surface area contributed by atoms with Gasteiger partial charge in [-0.25, -0.2) is 9.19 Å². The zero-order valence-corrected chi connectivity index (χ0v) is 21.8. The topological polar surface area (TPSA) is 108 Å². The molecule has 1 aliphatic heterocycles. The number of nitrogens with one attached hydrogen (secondary N) is 1. The first-order valence-corrected chi connectivity index (χ1v) is 13.6. The maximum absolute atomic E-state index is 11.5. The quantitative estimate of drug-likeness (QED) is 0.416. The van der Waals surface area contributed by atoms with E-state index in [1.807, 2.05) is 25.2 Å². The molecule has 10 heteroatoms. The van der Waals surface area contributed by atoms with Crippen LogP contribution in [0.2, 0.25) is 0 Å². The lowest BCUT2D eigenvalue weighted by Gasteiger charge is -2.30. The summed E-state index contributed by atoms with van der Waals surface area (Å²) in [5.41, 5.74) is 2.69. The number of nitrogens with zero attached hydrogens (tertiary/aromatic N) is 5. The van der Waals surface area contributed by atoms with Crippen LogP contribution in [-0.2, 0) is 17.8 Å². The number of benzene rings is 1. The van der Waals surface area contributed by atoms with E-state index in [1.54, 1.807) is 7.05 Å². The third-order valence-corrected chi connectivity index (χ3v) is 7.99. The van der Waals surface area contributed by atoms with Gasteiger partial charge in [-0.1, -0.05) is 37.3 Å². The Kier molecular flexibility index (Phi) is 7.47. The van der Waals surface area contributed by atoms with E-state index in [0.717, 1.165) is 43.2 Å². The molecule has 2 fully saturated rings. The van der Waals surface area contributed by atoms with Crippen LogP contribution in [0, 0.1) is 11.8 Å². The van der Waals surface area contributed by atoms with Gasteiger partial charge in [-0.05, 0) is 55.3 Å². The first-order chi connectivity index (χ1) is 17.4. The Labute approximate surface area is 214 Å². The Morgan fingerprint density at radius 1 is 1.19 bits per heavy atom. The fourth-order valence-electron chi connectivity index (χ4n) is 5.04. The molecule has 3 heterocycles. The van der Waals surface area contributed by atoms with E-state index in [-0.39, 0.29) is 18.5 Å². The van der Waals surface area contributed by atoms with Gasteiger partial charge in [0, 0.05) is 32.1 Å². The van der Waals surface area contributed by atoms with Crippen molar-refractivity contribution in [1.82, 2.24) is 24.8 Å². The summed E-state index contributed by atoms with van der Waals surface area (Å²) < 4.78 is 28.6. The van der Waals surface area contributed by atoms with E-state index in [0.29, 0.717) is 23.4 Å². The number of hydrogen-bond acceptors (Lipinski definition) is 7. The van der Waals surface area contributed by atoms with Gasteiger partial charge in [0.15, 0.2) is 0 Å². The lowest BCUT2D eigenvalue weighted by Crippen LogP contribution is -2.33. The van der Waals surface area contributed by atoms with Crippen LogP contribution >= 0.6 is 0 Å². The predicted octanol–water partition coefficient (Wildman–Crippen LogP) is 4.00. The van der Waals surface area contributed by atoms with Gasteiger partial charge in [-0.2, -0.15) is 4.31 Å². The fourth-order valence-corrected chi connectivity index (χ4v) is 5.28. The lowest BCUT2D eigenvalue weighted by molar-refractivity contribution is 0.303. The Morgan fingerprint density at radius 3 is 2.69 bits per heavy atom. The summed E-state index contributed by atoms with van der Waals surface area (Å²) in [6.45, 7) is 4.31. The molecule has 1 aliphatic carbocycles. The molecule has 192 valence electrons. The molecule has 2 N–H and O–H groups in total. The van der Waals surface area contributed by atoms with Crippen LogP contribution in [0.1, 0.15) is 55.3 Å². The van der Waals surface area contributed by atoms with Gasteiger partial charge < -0.3 is 14.6 Å². The van der Waals surface area contributed by atoms with Crippen LogP contribution in [0.3, 0.4) is 0 Å². The average Bonchev–Trinajstić information content (AvgIpc) is 3.36. The lowest BCUT2D eigenvalue weighted by atomic mass is 9.85. The van der Waals surface area contributed by atoms with Crippen molar-refractivity contribution in [2.45, 2.75) is 44.7 Å². The molecule has 9 nitrogen and oxygen atoms in total. The largest absolute Gasteiger partial charge is 0.419 e. The van der Waals surface area contributed by atoms with E-state index in [4.69, 9.17) is 9.40 Å². The molecule has 2 aromatic heterocycles. The molecule has 5 unspecified atom stereocenters. The highest BCUT2D eigenvalue weighted by Gasteiger charge is 2.34. The standard InChI is InChI=1S/C26H34N6O3S/c1-17-12-20(17)15-31(2)23-14-19(13-21(28-23)16-32(3)36(33)34)25-29-30-26(35-25)24-22(10-7-11-27-24)18-8-5-4-6-9-18/h4-6,8-9,13-14,17,20,22,24,27H,7,10-12,15-16H2,1-3H3,(H,33,34). The van der Waals surface area contributed by atoms with Gasteiger partial charge in [-0.3, -0.25) is 4.55 Å². The fraction of sp³-hybridized carbons (Fsp3) is 0.500. The summed E-state index contributed by atoms with van der Waals surface area (Å²) in [6.07, 6.45) is 3.38. The van der Waals surface area contributed by atoms with Gasteiger partial charge in [0.1, 0.15) is 5.82 Å². The van der Waals surface area contributed by atoms with Crippen molar-refractivity contribution in [3.8, 4) is 11.5 Å². The van der Waals surface area contributed by atoms with Gasteiger partial charge in [0.25, 0.3) is 0 Å². The van der Waals surface area contributed by atoms with Gasteiger partial charge in [-0.15, -0.1) is 10.2 Å². The number of rotatable bonds is 9. The second kappa shape index (κ2) is 10.8. The van der Waals surface area contributed by atoms with Crippen molar-refractivity contribution in [3.63, 3.8) is 0 Å². The molecule has 2 aliphatic rings. The third kappa shape index (κ3) is 5.67. The van der Waals surface area contributed by atoms with Crippen LogP contribution in [0.5, 0.6) is 0 Å². The van der Waals surface area contributed by atoms with Gasteiger partial charge in [0.05, 0.1) is 18.3 Å². The van der Waals surface area contributed by atoms with Crippen molar-refractivity contribution >= 4 is 17.1 Å². The molecular weight excluding hydrogens is 476 g/mol. The highest BCUT2D eigenvalue weighted by Crippen LogP contribution is 2.39. The summed E-state index contributed by atoms with van der Waals surface area (Å²) in [5, 5.41) is 12.4. The number of hydrogen-bond donors (Lipinski definition) is 2. The van der Waals surface area contributed by atoms with Crippen molar-refractivity contribution < 1.29 is 13.2 Å². The second-order valence-electron chi connectivity index (χ2n) is 10.1. The minimum atomic E-state index is -2.08. The average molecular weight is 511 g/mol. The highest BCUT2D eigenvalue weighted by atomic mass is 32.2. The van der Waals surface area contributed by atoms with Crippen LogP contribution in [0.15, 0.2) is 46.9 Å². The summed E-state index contributed by atoms with van der Waals surface area (Å²) in [6, 6.07) is 14.2. The zero-order valence-electron chi connectivity index (χ0n) is 21.0. The number of aromatic nitrogens is 3. The number of pyridine rings is 1. The molecule has 0 bridgehead atoms. The maximum atomic E-state index is 11.5. The van der Waals surface area contributed by atoms with Crippen LogP contribution in [0.4, 0.5) is 5.82 Å². The maximum Gasteiger partial charge on any atom is 0.248 e. The zero-order chi connectivity index (χ0) is 25.2. The smallest absolute Gasteiger partial charge is 0.248 e. The van der Waals surface area contributed by atoms with E-state index < -0.39 is 11.3 Å². The van der Waals surface area contributed by atoms with Crippen LogP contribution in [0.25, 0.3) is 11.5 Å². The minimum Gasteiger partial charge on any atom is -0.419 e. The van der Waals surface area contributed by atoms with Crippen molar-refractivity contribution in [2.75, 3.05) is 32.1 Å². The Balaban J connectivity index is 1.44. The van der Waals surface area contributed by atoms with Gasteiger partial charge >= 0.3 is 0 Å². The molecule has 0 spiro atoms. The van der Waals surface area contributed by atoms with E-state index in [9.17, 15) is 8.76 Å². The molecule has 1 saturated heterocycles. The number of piperidine rings is 1. The van der Waals surface area contributed by atoms with Gasteiger partial charge in [0.2, 0.25) is 23.0 Å². The Morgan fingerprint density at radius 2 is 1.97 bits per heavy atom. The third-order valence-electron chi connectivity index (χ3n) is 7.33. The summed E-state index contributed by atoms with van der Waals surface area (Å²) in [5.74, 6) is 3.45. The molecule has 1 aromatic carbocycles. The van der Waals surface area contributed by atoms with Crippen molar-refractivity contribution in [2.24, 2.45) is 11.8 Å². The van der Waals surface area contributed by atoms with E-state index >= 15 is 0 Å². The van der Waals surface area contributed by atoms with E-state index in [2.05, 4.69) is 51.6 Å². The van der Waals surface area contributed by atoms with Crippen LogP contribution < -0.4 is 10.2 Å². The summed E-state index contributed by atoms with van der Waals surface area (Å²) in [7, 11) is 3.62. The molecule has 5 rings (SSSR count). The normalized spacial score (nSPS) is 24.6. The predicted molar refractivity (Wildman–Crippen MR) is 139 cm³/mol. The number of anilines is 1. The molecular formula is C26H34N6O3S. The molecule has 0 radical (unpaired) electrons. The first kappa shape index (κ1) is 25.0. The Hall–Kier alpha value is -2.66. The molecule has 36 heavy (non-hydrogen) atoms. The Bertz CT molecular complexity index is 1210. The van der Waals surface area contributed by atoms with Crippen LogP contribution in [-0.4, -0.2) is 55.4 Å². The summed E-state index contributed by atoms with van der Waals surface area (Å²) >= 11 is -2.08. The second-order valence-corrected chi connectivity index (χ2v) is 11.2. The molecule has 3 aromatic rings. The monoisotopic (exact) mass is 510 g/mol. The summed E-state index contributed by atoms with van der Waals surface area (Å²) in [4.78, 5) is 6.91. The van der Waals surface area contributed by atoms with Crippen molar-refractivity contribution in [3.05, 3.63) is 59.6 Å².